The Morgan fingerprint density at radius 1 is 1.14 bits per heavy atom. The highest BCUT2D eigenvalue weighted by molar-refractivity contribution is 7.93. The van der Waals surface area contributed by atoms with Gasteiger partial charge in [-0.25, -0.2) is 13.0 Å². The Balaban J connectivity index is 1.91. The minimum Gasteiger partial charge on any atom is -0.494 e. The van der Waals surface area contributed by atoms with Gasteiger partial charge in [-0.3, -0.25) is 4.72 Å². The van der Waals surface area contributed by atoms with Crippen LogP contribution in [0.3, 0.4) is 0 Å². The Morgan fingerprint density at radius 3 is 2.64 bits per heavy atom. The molecule has 0 saturated carbocycles. The molecule has 0 aliphatic carbocycles. The molecule has 2 aromatic carbocycles. The summed E-state index contributed by atoms with van der Waals surface area (Å²) in [4.78, 5) is 0.0140. The summed E-state index contributed by atoms with van der Waals surface area (Å²) in [5, 5.41) is 7.28. The molecular weight excluding hydrogens is 306 g/mol. The van der Waals surface area contributed by atoms with Crippen molar-refractivity contribution in [2.45, 2.75) is 11.8 Å². The molecule has 0 radical (unpaired) electrons. The third-order valence-electron chi connectivity index (χ3n) is 2.96. The Hall–Kier alpha value is -2.61. The zero-order chi connectivity index (χ0) is 15.6. The monoisotopic (exact) mass is 319 g/mol. The van der Waals surface area contributed by atoms with Crippen LogP contribution in [0.1, 0.15) is 6.92 Å². The van der Waals surface area contributed by atoms with Crippen LogP contribution in [-0.4, -0.2) is 25.3 Å². The largest absolute Gasteiger partial charge is 0.494 e. The first-order valence-electron chi connectivity index (χ1n) is 6.57. The van der Waals surface area contributed by atoms with Gasteiger partial charge >= 0.3 is 0 Å². The van der Waals surface area contributed by atoms with E-state index in [9.17, 15) is 8.42 Å². The van der Waals surface area contributed by atoms with E-state index in [1.54, 1.807) is 36.4 Å². The predicted molar refractivity (Wildman–Crippen MR) is 80.2 cm³/mol. The Labute approximate surface area is 126 Å². The van der Waals surface area contributed by atoms with E-state index in [4.69, 9.17) is 4.74 Å². The fourth-order valence-electron chi connectivity index (χ4n) is 1.99. The summed E-state index contributed by atoms with van der Waals surface area (Å²) in [7, 11) is -3.79. The molecule has 0 fully saturated rings. The van der Waals surface area contributed by atoms with Crippen LogP contribution >= 0.6 is 0 Å². The van der Waals surface area contributed by atoms with Gasteiger partial charge in [0.15, 0.2) is 5.52 Å². The fourth-order valence-corrected chi connectivity index (χ4v) is 3.20. The van der Waals surface area contributed by atoms with Gasteiger partial charge in [0.05, 0.1) is 6.61 Å². The van der Waals surface area contributed by atoms with Crippen molar-refractivity contribution in [3.8, 4) is 5.75 Å². The van der Waals surface area contributed by atoms with Crippen molar-refractivity contribution >= 4 is 26.7 Å². The lowest BCUT2D eigenvalue weighted by molar-refractivity contribution is 0.315. The molecule has 3 aromatic rings. The summed E-state index contributed by atoms with van der Waals surface area (Å²) in [6.07, 6.45) is 0. The molecule has 0 aliphatic rings. The number of nitrogens with one attached hydrogen (secondary N) is 1. The van der Waals surface area contributed by atoms with Gasteiger partial charge in [0.2, 0.25) is 0 Å². The summed E-state index contributed by atoms with van der Waals surface area (Å²) in [6.45, 7) is 2.43. The van der Waals surface area contributed by atoms with E-state index < -0.39 is 10.0 Å². The third kappa shape index (κ3) is 2.73. The molecule has 0 amide bonds. The molecule has 1 aromatic heterocycles. The van der Waals surface area contributed by atoms with Crippen LogP contribution in [0.5, 0.6) is 5.75 Å². The van der Waals surface area contributed by atoms with E-state index >= 15 is 0 Å². The molecule has 1 N–H and O–H groups in total. The van der Waals surface area contributed by atoms with E-state index in [0.29, 0.717) is 23.6 Å². The summed E-state index contributed by atoms with van der Waals surface area (Å²) in [5.74, 6) is 0.674. The Bertz CT molecular complexity index is 888. The fraction of sp³-hybridized carbons (Fsp3) is 0.143. The van der Waals surface area contributed by atoms with Gasteiger partial charge < -0.3 is 4.74 Å². The van der Waals surface area contributed by atoms with Crippen molar-refractivity contribution in [3.63, 3.8) is 0 Å². The van der Waals surface area contributed by atoms with Crippen molar-refractivity contribution in [1.29, 1.82) is 0 Å². The van der Waals surface area contributed by atoms with E-state index in [1.165, 1.54) is 6.07 Å². The first-order valence-corrected chi connectivity index (χ1v) is 8.05. The standard InChI is InChI=1S/C14H13N3O4S/c1-2-20-11-8-6-10(7-9-11)17-22(18,19)13-5-3-4-12-14(13)16-21-15-12/h3-9,17H,2H2,1H3. The van der Waals surface area contributed by atoms with Crippen molar-refractivity contribution in [2.75, 3.05) is 11.3 Å². The van der Waals surface area contributed by atoms with Crippen LogP contribution in [-0.2, 0) is 10.0 Å². The maximum absolute atomic E-state index is 12.5. The number of aromatic nitrogens is 2. The number of hydrogen-bond acceptors (Lipinski definition) is 6. The molecule has 7 nitrogen and oxygen atoms in total. The second kappa shape index (κ2) is 5.64. The number of fused-ring (bicyclic) bond motifs is 1. The van der Waals surface area contributed by atoms with Gasteiger partial charge in [-0.05, 0) is 53.6 Å². The number of hydrogen-bond donors (Lipinski definition) is 1. The van der Waals surface area contributed by atoms with E-state index in [0.717, 1.165) is 0 Å². The second-order valence-corrected chi connectivity index (χ2v) is 6.10. The van der Waals surface area contributed by atoms with Crippen molar-refractivity contribution < 1.29 is 17.8 Å². The minimum atomic E-state index is -3.79. The van der Waals surface area contributed by atoms with Crippen molar-refractivity contribution in [3.05, 3.63) is 42.5 Å². The summed E-state index contributed by atoms with van der Waals surface area (Å²) in [6, 6.07) is 11.3. The van der Waals surface area contributed by atoms with Crippen LogP contribution in [0.4, 0.5) is 5.69 Å². The first-order chi connectivity index (χ1) is 10.6. The number of benzene rings is 2. The van der Waals surface area contributed by atoms with E-state index in [2.05, 4.69) is 19.7 Å². The Kier molecular flexibility index (Phi) is 3.68. The molecule has 0 bridgehead atoms. The smallest absolute Gasteiger partial charge is 0.264 e. The van der Waals surface area contributed by atoms with Gasteiger partial charge in [0, 0.05) is 5.69 Å². The van der Waals surface area contributed by atoms with Crippen molar-refractivity contribution in [2.24, 2.45) is 0 Å². The van der Waals surface area contributed by atoms with E-state index in [1.807, 2.05) is 6.92 Å². The maximum Gasteiger partial charge on any atom is 0.264 e. The summed E-state index contributed by atoms with van der Waals surface area (Å²) < 4.78 is 37.3. The lowest BCUT2D eigenvalue weighted by Crippen LogP contribution is -2.13. The number of rotatable bonds is 5. The summed E-state index contributed by atoms with van der Waals surface area (Å²) >= 11 is 0. The molecule has 114 valence electrons. The molecule has 3 rings (SSSR count). The highest BCUT2D eigenvalue weighted by Crippen LogP contribution is 2.23. The van der Waals surface area contributed by atoms with Crippen LogP contribution < -0.4 is 9.46 Å². The number of ether oxygens (including phenoxy) is 1. The summed E-state index contributed by atoms with van der Waals surface area (Å²) in [5.41, 5.74) is 1.01. The normalized spacial score (nSPS) is 11.5. The number of sulfonamides is 1. The number of nitrogens with zero attached hydrogens (tertiary/aromatic N) is 2. The zero-order valence-corrected chi connectivity index (χ0v) is 12.5. The lowest BCUT2D eigenvalue weighted by atomic mass is 10.3. The first kappa shape index (κ1) is 14.3. The van der Waals surface area contributed by atoms with Crippen molar-refractivity contribution in [1.82, 2.24) is 10.3 Å². The zero-order valence-electron chi connectivity index (χ0n) is 11.7. The molecule has 0 unspecified atom stereocenters. The second-order valence-electron chi connectivity index (χ2n) is 4.45. The molecular formula is C14H13N3O4S. The van der Waals surface area contributed by atoms with Gasteiger partial charge in [0.25, 0.3) is 10.0 Å². The van der Waals surface area contributed by atoms with Crippen LogP contribution in [0.2, 0.25) is 0 Å². The van der Waals surface area contributed by atoms with Gasteiger partial charge in [-0.15, -0.1) is 0 Å². The highest BCUT2D eigenvalue weighted by atomic mass is 32.2. The molecule has 0 atom stereocenters. The molecule has 1 heterocycles. The van der Waals surface area contributed by atoms with Crippen LogP contribution in [0.15, 0.2) is 52.0 Å². The SMILES string of the molecule is CCOc1ccc(NS(=O)(=O)c2cccc3nonc23)cc1. The van der Waals surface area contributed by atoms with Gasteiger partial charge in [-0.1, -0.05) is 6.07 Å². The Morgan fingerprint density at radius 2 is 1.91 bits per heavy atom. The molecule has 8 heteroatoms. The maximum atomic E-state index is 12.5. The lowest BCUT2D eigenvalue weighted by Gasteiger charge is -2.09. The minimum absolute atomic E-state index is 0.0140. The topological polar surface area (TPSA) is 94.3 Å². The average molecular weight is 319 g/mol. The molecule has 22 heavy (non-hydrogen) atoms. The van der Waals surface area contributed by atoms with Crippen LogP contribution in [0, 0.1) is 0 Å². The van der Waals surface area contributed by atoms with Crippen LogP contribution in [0.25, 0.3) is 11.0 Å². The van der Waals surface area contributed by atoms with E-state index in [-0.39, 0.29) is 10.4 Å². The average Bonchev–Trinajstić information content (AvgIpc) is 2.97. The number of anilines is 1. The predicted octanol–water partition coefficient (Wildman–Crippen LogP) is 2.42. The molecule has 0 saturated heterocycles. The van der Waals surface area contributed by atoms with Gasteiger partial charge in [-0.2, -0.15) is 0 Å². The molecule has 0 aliphatic heterocycles. The quantitative estimate of drug-likeness (QED) is 0.776. The highest BCUT2D eigenvalue weighted by Gasteiger charge is 2.20. The van der Waals surface area contributed by atoms with Gasteiger partial charge in [0.1, 0.15) is 16.2 Å². The molecule has 0 spiro atoms. The third-order valence-corrected chi connectivity index (χ3v) is 4.37.